The normalized spacial score (nSPS) is 11.8. The highest BCUT2D eigenvalue weighted by Gasteiger charge is 2.12. The van der Waals surface area contributed by atoms with Gasteiger partial charge in [-0.2, -0.15) is 4.57 Å². The molecule has 0 radical (unpaired) electrons. The molecule has 0 aliphatic heterocycles. The van der Waals surface area contributed by atoms with Crippen molar-refractivity contribution in [3.05, 3.63) is 59.9 Å². The Hall–Kier alpha value is -2.49. The maximum Gasteiger partial charge on any atom is 0.290 e. The molecule has 4 nitrogen and oxygen atoms in total. The minimum atomic E-state index is -0.119. The Labute approximate surface area is 137 Å². The molecule has 0 bridgehead atoms. The summed E-state index contributed by atoms with van der Waals surface area (Å²) in [5, 5.41) is 2.88. The maximum absolute atomic E-state index is 12.1. The first kappa shape index (κ1) is 16.9. The van der Waals surface area contributed by atoms with Gasteiger partial charge in [0.2, 0.25) is 6.54 Å². The van der Waals surface area contributed by atoms with E-state index in [0.29, 0.717) is 11.5 Å². The van der Waals surface area contributed by atoms with Crippen LogP contribution in [0.3, 0.4) is 0 Å². The highest BCUT2D eigenvalue weighted by molar-refractivity contribution is 5.93. The van der Waals surface area contributed by atoms with Crippen LogP contribution in [0.1, 0.15) is 49.0 Å². The highest BCUT2D eigenvalue weighted by Crippen LogP contribution is 2.20. The van der Waals surface area contributed by atoms with E-state index in [2.05, 4.69) is 19.2 Å². The molecule has 0 spiro atoms. The van der Waals surface area contributed by atoms with Gasteiger partial charge in [0.25, 0.3) is 5.91 Å². The van der Waals surface area contributed by atoms with E-state index in [1.165, 1.54) is 12.5 Å². The van der Waals surface area contributed by atoms with Crippen molar-refractivity contribution in [3.8, 4) is 0 Å². The van der Waals surface area contributed by atoms with E-state index in [1.54, 1.807) is 29.1 Å². The molecule has 23 heavy (non-hydrogen) atoms. The zero-order chi connectivity index (χ0) is 16.8. The SMILES string of the molecule is CC[C@@H](C)c1ccc(NC(=O)C[n+]2cccc(C(C)=O)c2)cc1. The second-order valence-electron chi connectivity index (χ2n) is 5.80. The van der Waals surface area contributed by atoms with E-state index < -0.39 is 0 Å². The Morgan fingerprint density at radius 1 is 1.17 bits per heavy atom. The van der Waals surface area contributed by atoms with Gasteiger partial charge in [0.15, 0.2) is 18.2 Å². The van der Waals surface area contributed by atoms with Gasteiger partial charge in [-0.05, 0) is 43.0 Å². The fourth-order valence-corrected chi connectivity index (χ4v) is 2.33. The monoisotopic (exact) mass is 311 g/mol. The predicted molar refractivity (Wildman–Crippen MR) is 90.4 cm³/mol. The van der Waals surface area contributed by atoms with Gasteiger partial charge in [0, 0.05) is 11.8 Å². The molecule has 1 amide bonds. The number of aromatic nitrogens is 1. The van der Waals surface area contributed by atoms with Crippen molar-refractivity contribution in [2.75, 3.05) is 5.32 Å². The van der Waals surface area contributed by atoms with E-state index >= 15 is 0 Å². The number of pyridine rings is 1. The van der Waals surface area contributed by atoms with Crippen LogP contribution in [0.15, 0.2) is 48.8 Å². The summed E-state index contributed by atoms with van der Waals surface area (Å²) in [6.45, 7) is 6.03. The van der Waals surface area contributed by atoms with Crippen molar-refractivity contribution in [1.29, 1.82) is 0 Å². The number of Topliss-reactive ketones (excluding diaryl/α,β-unsaturated/α-hetero) is 1. The molecule has 120 valence electrons. The number of carbonyl (C=O) groups is 2. The Balaban J connectivity index is 1.99. The summed E-state index contributed by atoms with van der Waals surface area (Å²) in [6.07, 6.45) is 4.56. The van der Waals surface area contributed by atoms with Gasteiger partial charge in [0.05, 0.1) is 5.56 Å². The average molecular weight is 311 g/mol. The van der Waals surface area contributed by atoms with Crippen molar-refractivity contribution < 1.29 is 14.2 Å². The summed E-state index contributed by atoms with van der Waals surface area (Å²) in [6, 6.07) is 11.5. The molecule has 1 heterocycles. The smallest absolute Gasteiger partial charge is 0.290 e. The molecule has 0 aliphatic carbocycles. The highest BCUT2D eigenvalue weighted by atomic mass is 16.2. The summed E-state index contributed by atoms with van der Waals surface area (Å²) in [5.74, 6) is 0.386. The molecule has 2 aromatic rings. The molecule has 0 unspecified atom stereocenters. The fraction of sp³-hybridized carbons (Fsp3) is 0.316. The lowest BCUT2D eigenvalue weighted by molar-refractivity contribution is -0.684. The van der Waals surface area contributed by atoms with Crippen molar-refractivity contribution in [3.63, 3.8) is 0 Å². The molecule has 0 aliphatic rings. The number of hydrogen-bond donors (Lipinski definition) is 1. The zero-order valence-electron chi connectivity index (χ0n) is 13.9. The Morgan fingerprint density at radius 3 is 2.48 bits per heavy atom. The molecule has 4 heteroatoms. The van der Waals surface area contributed by atoms with Gasteiger partial charge >= 0.3 is 0 Å². The lowest BCUT2D eigenvalue weighted by Crippen LogP contribution is -2.40. The van der Waals surface area contributed by atoms with Crippen LogP contribution in [0.2, 0.25) is 0 Å². The average Bonchev–Trinajstić information content (AvgIpc) is 2.55. The molecule has 0 fully saturated rings. The number of benzene rings is 1. The quantitative estimate of drug-likeness (QED) is 0.657. The zero-order valence-corrected chi connectivity index (χ0v) is 13.9. The molecular formula is C19H23N2O2+. The molecular weight excluding hydrogens is 288 g/mol. The van der Waals surface area contributed by atoms with E-state index in [4.69, 9.17) is 0 Å². The van der Waals surface area contributed by atoms with Gasteiger partial charge < -0.3 is 5.32 Å². The van der Waals surface area contributed by atoms with Crippen LogP contribution in [0.4, 0.5) is 5.69 Å². The van der Waals surface area contributed by atoms with Crippen molar-refractivity contribution in [2.24, 2.45) is 0 Å². The number of nitrogens with zero attached hydrogens (tertiary/aromatic N) is 1. The molecule has 1 atom stereocenters. The minimum absolute atomic E-state index is 0.0135. The van der Waals surface area contributed by atoms with Gasteiger partial charge in [-0.25, -0.2) is 0 Å². The van der Waals surface area contributed by atoms with Crippen molar-refractivity contribution >= 4 is 17.4 Å². The van der Waals surface area contributed by atoms with E-state index in [-0.39, 0.29) is 18.2 Å². The van der Waals surface area contributed by atoms with Crippen LogP contribution in [0, 0.1) is 0 Å². The van der Waals surface area contributed by atoms with Crippen LogP contribution in [-0.2, 0) is 11.3 Å². The molecule has 1 aromatic carbocycles. The standard InChI is InChI=1S/C19H22N2O2/c1-4-14(2)16-7-9-18(10-8-16)20-19(23)13-21-11-5-6-17(12-21)15(3)22/h5-12,14H,4,13H2,1-3H3/p+1/t14-/m1/s1. The van der Waals surface area contributed by atoms with Crippen LogP contribution >= 0.6 is 0 Å². The summed E-state index contributed by atoms with van der Waals surface area (Å²) >= 11 is 0. The number of nitrogens with one attached hydrogen (secondary N) is 1. The number of rotatable bonds is 6. The summed E-state index contributed by atoms with van der Waals surface area (Å²) in [4.78, 5) is 23.5. The Bertz CT molecular complexity index is 693. The molecule has 1 N–H and O–H groups in total. The number of amides is 1. The van der Waals surface area contributed by atoms with E-state index in [9.17, 15) is 9.59 Å². The number of ketones is 1. The second kappa shape index (κ2) is 7.68. The van der Waals surface area contributed by atoms with Gasteiger partial charge in [-0.3, -0.25) is 9.59 Å². The second-order valence-corrected chi connectivity index (χ2v) is 5.80. The van der Waals surface area contributed by atoms with Gasteiger partial charge in [-0.15, -0.1) is 0 Å². The maximum atomic E-state index is 12.1. The first-order chi connectivity index (χ1) is 11.0. The summed E-state index contributed by atoms with van der Waals surface area (Å²) in [7, 11) is 0. The first-order valence-electron chi connectivity index (χ1n) is 7.89. The van der Waals surface area contributed by atoms with Crippen molar-refractivity contribution in [2.45, 2.75) is 39.7 Å². The van der Waals surface area contributed by atoms with Crippen LogP contribution in [0.5, 0.6) is 0 Å². The first-order valence-corrected chi connectivity index (χ1v) is 7.89. The topological polar surface area (TPSA) is 50.1 Å². The number of hydrogen-bond acceptors (Lipinski definition) is 2. The van der Waals surface area contributed by atoms with E-state index in [1.807, 2.05) is 24.3 Å². The van der Waals surface area contributed by atoms with E-state index in [0.717, 1.165) is 12.1 Å². The van der Waals surface area contributed by atoms with Crippen molar-refractivity contribution in [1.82, 2.24) is 0 Å². The molecule has 2 rings (SSSR count). The van der Waals surface area contributed by atoms with Crippen LogP contribution in [0.25, 0.3) is 0 Å². The largest absolute Gasteiger partial charge is 0.321 e. The third-order valence-corrected chi connectivity index (χ3v) is 3.97. The lowest BCUT2D eigenvalue weighted by Gasteiger charge is -2.10. The lowest BCUT2D eigenvalue weighted by atomic mass is 9.99. The third-order valence-electron chi connectivity index (χ3n) is 3.97. The van der Waals surface area contributed by atoms with Crippen LogP contribution in [-0.4, -0.2) is 11.7 Å². The summed E-state index contributed by atoms with van der Waals surface area (Å²) in [5.41, 5.74) is 2.65. The molecule has 1 aromatic heterocycles. The number of carbonyl (C=O) groups excluding carboxylic acids is 2. The van der Waals surface area contributed by atoms with Gasteiger partial charge in [0.1, 0.15) is 0 Å². The Morgan fingerprint density at radius 2 is 1.87 bits per heavy atom. The summed E-state index contributed by atoms with van der Waals surface area (Å²) < 4.78 is 1.71. The number of anilines is 1. The predicted octanol–water partition coefficient (Wildman–Crippen LogP) is 3.33. The van der Waals surface area contributed by atoms with Gasteiger partial charge in [-0.1, -0.05) is 26.0 Å². The third kappa shape index (κ3) is 4.74. The Kier molecular flexibility index (Phi) is 5.63. The van der Waals surface area contributed by atoms with Crippen LogP contribution < -0.4 is 9.88 Å². The molecule has 0 saturated carbocycles. The fourth-order valence-electron chi connectivity index (χ4n) is 2.33. The molecule has 0 saturated heterocycles. The minimum Gasteiger partial charge on any atom is -0.321 e.